The molecule has 0 fully saturated rings. The SMILES string of the molecule is CCCC[Se]C1=C2C=C[C@@H](c3ccc(Br)cc3)C[C@@H]2COC1. The van der Waals surface area contributed by atoms with Crippen molar-refractivity contribution >= 4 is 30.9 Å². The first-order chi connectivity index (χ1) is 10.8. The van der Waals surface area contributed by atoms with Crippen molar-refractivity contribution in [1.82, 2.24) is 0 Å². The molecule has 22 heavy (non-hydrogen) atoms. The van der Waals surface area contributed by atoms with E-state index in [9.17, 15) is 0 Å². The molecule has 1 aliphatic heterocycles. The van der Waals surface area contributed by atoms with E-state index in [1.54, 1.807) is 10.0 Å². The number of fused-ring (bicyclic) bond motifs is 1. The molecule has 0 N–H and O–H groups in total. The van der Waals surface area contributed by atoms with E-state index in [1.807, 2.05) is 0 Å². The maximum absolute atomic E-state index is 5.90. The van der Waals surface area contributed by atoms with Crippen molar-refractivity contribution in [3.63, 3.8) is 0 Å². The minimum atomic E-state index is 0.535. The number of hydrogen-bond acceptors (Lipinski definition) is 1. The third-order valence-electron chi connectivity index (χ3n) is 4.43. The van der Waals surface area contributed by atoms with Gasteiger partial charge in [-0.2, -0.15) is 0 Å². The Bertz CT molecular complexity index is 561. The normalized spacial score (nSPS) is 24.5. The van der Waals surface area contributed by atoms with Crippen molar-refractivity contribution in [3.05, 3.63) is 56.5 Å². The van der Waals surface area contributed by atoms with Gasteiger partial charge in [0, 0.05) is 0 Å². The third-order valence-corrected chi connectivity index (χ3v) is 7.47. The summed E-state index contributed by atoms with van der Waals surface area (Å²) in [4.78, 5) is 0. The second-order valence-electron chi connectivity index (χ2n) is 6.05. The molecule has 0 amide bonds. The summed E-state index contributed by atoms with van der Waals surface area (Å²) in [5.41, 5.74) is 3.03. The van der Waals surface area contributed by atoms with E-state index in [0.717, 1.165) is 17.7 Å². The van der Waals surface area contributed by atoms with E-state index in [0.29, 0.717) is 26.8 Å². The molecule has 0 saturated carbocycles. The van der Waals surface area contributed by atoms with Crippen molar-refractivity contribution in [2.45, 2.75) is 37.4 Å². The Labute approximate surface area is 148 Å². The van der Waals surface area contributed by atoms with Crippen LogP contribution in [0.15, 0.2) is 50.9 Å². The molecule has 3 heteroatoms. The van der Waals surface area contributed by atoms with Gasteiger partial charge in [0.25, 0.3) is 0 Å². The molecule has 2 aliphatic rings. The molecular formula is C19H23BrOSe. The predicted molar refractivity (Wildman–Crippen MR) is 97.4 cm³/mol. The molecule has 0 unspecified atom stereocenters. The molecule has 0 radical (unpaired) electrons. The molecule has 118 valence electrons. The number of hydrogen-bond donors (Lipinski definition) is 0. The van der Waals surface area contributed by atoms with Crippen LogP contribution in [0.5, 0.6) is 0 Å². The summed E-state index contributed by atoms with van der Waals surface area (Å²) >= 11 is 4.14. The van der Waals surface area contributed by atoms with Gasteiger partial charge in [0.15, 0.2) is 0 Å². The topological polar surface area (TPSA) is 9.23 Å². The molecule has 1 heterocycles. The Morgan fingerprint density at radius 2 is 2.09 bits per heavy atom. The Balaban J connectivity index is 1.76. The van der Waals surface area contributed by atoms with E-state index < -0.39 is 0 Å². The van der Waals surface area contributed by atoms with Gasteiger partial charge in [0.1, 0.15) is 0 Å². The van der Waals surface area contributed by atoms with E-state index in [4.69, 9.17) is 4.74 Å². The Morgan fingerprint density at radius 3 is 2.86 bits per heavy atom. The summed E-state index contributed by atoms with van der Waals surface area (Å²) in [6.07, 6.45) is 8.67. The molecule has 1 aliphatic carbocycles. The van der Waals surface area contributed by atoms with Gasteiger partial charge in [-0.1, -0.05) is 0 Å². The molecule has 1 nitrogen and oxygen atoms in total. The molecule has 1 aromatic carbocycles. The van der Waals surface area contributed by atoms with Crippen molar-refractivity contribution in [3.8, 4) is 0 Å². The van der Waals surface area contributed by atoms with E-state index in [2.05, 4.69) is 59.3 Å². The van der Waals surface area contributed by atoms with Crippen LogP contribution in [-0.4, -0.2) is 28.2 Å². The Morgan fingerprint density at radius 1 is 1.27 bits per heavy atom. The van der Waals surface area contributed by atoms with Crippen LogP contribution in [0.25, 0.3) is 0 Å². The maximum atomic E-state index is 5.90. The zero-order valence-corrected chi connectivity index (χ0v) is 16.4. The predicted octanol–water partition coefficient (Wildman–Crippen LogP) is 5.32. The van der Waals surface area contributed by atoms with Crippen molar-refractivity contribution in [2.24, 2.45) is 5.92 Å². The summed E-state index contributed by atoms with van der Waals surface area (Å²) in [6.45, 7) is 4.06. The average molecular weight is 426 g/mol. The summed E-state index contributed by atoms with van der Waals surface area (Å²) in [7, 11) is 0. The molecule has 0 bridgehead atoms. The van der Waals surface area contributed by atoms with Crippen LogP contribution in [0.3, 0.4) is 0 Å². The molecule has 1 aromatic rings. The standard InChI is InChI=1S/C19H23BrOSe/c1-2-3-10-22-19-13-21-12-16-11-15(6-9-18(16)19)14-4-7-17(20)8-5-14/h4-9,15-16H,2-3,10-13H2,1H3/t15-,16-/m1/s1. The van der Waals surface area contributed by atoms with Crippen LogP contribution in [-0.2, 0) is 4.74 Å². The Hall–Kier alpha value is -0.341. The molecule has 0 aromatic heterocycles. The van der Waals surface area contributed by atoms with Crippen LogP contribution in [0.1, 0.15) is 37.7 Å². The first-order valence-corrected chi connectivity index (χ1v) is 11.0. The number of allylic oxidation sites excluding steroid dienone is 2. The first-order valence-electron chi connectivity index (χ1n) is 8.15. The van der Waals surface area contributed by atoms with Crippen LogP contribution < -0.4 is 0 Å². The number of halogens is 1. The van der Waals surface area contributed by atoms with E-state index in [1.165, 1.54) is 30.1 Å². The van der Waals surface area contributed by atoms with Gasteiger partial charge in [-0.15, -0.1) is 0 Å². The second kappa shape index (κ2) is 7.97. The molecule has 2 atom stereocenters. The third kappa shape index (κ3) is 3.94. The van der Waals surface area contributed by atoms with Gasteiger partial charge in [0.2, 0.25) is 0 Å². The van der Waals surface area contributed by atoms with E-state index >= 15 is 0 Å². The summed E-state index contributed by atoms with van der Waals surface area (Å²) in [5.74, 6) is 1.14. The fourth-order valence-corrected chi connectivity index (χ4v) is 6.03. The molecular weight excluding hydrogens is 403 g/mol. The second-order valence-corrected chi connectivity index (χ2v) is 9.46. The fraction of sp³-hybridized carbons (Fsp3) is 0.474. The molecule has 0 spiro atoms. The zero-order valence-electron chi connectivity index (χ0n) is 13.1. The molecule has 3 rings (SSSR count). The van der Waals surface area contributed by atoms with Crippen molar-refractivity contribution in [2.75, 3.05) is 13.2 Å². The van der Waals surface area contributed by atoms with Gasteiger partial charge in [-0.05, 0) is 0 Å². The van der Waals surface area contributed by atoms with Crippen molar-refractivity contribution in [1.29, 1.82) is 0 Å². The van der Waals surface area contributed by atoms with Crippen LogP contribution in [0, 0.1) is 5.92 Å². The number of unbranched alkanes of at least 4 members (excludes halogenated alkanes) is 1. The van der Waals surface area contributed by atoms with Crippen LogP contribution in [0.4, 0.5) is 0 Å². The fourth-order valence-electron chi connectivity index (χ4n) is 3.15. The van der Waals surface area contributed by atoms with E-state index in [-0.39, 0.29) is 0 Å². The quantitative estimate of drug-likeness (QED) is 0.458. The zero-order chi connectivity index (χ0) is 15.4. The molecule has 0 saturated heterocycles. The number of ether oxygens (including phenoxy) is 1. The number of benzene rings is 1. The minimum absolute atomic E-state index is 0.535. The monoisotopic (exact) mass is 426 g/mol. The van der Waals surface area contributed by atoms with Gasteiger partial charge in [-0.25, -0.2) is 0 Å². The summed E-state index contributed by atoms with van der Waals surface area (Å²) in [6, 6.07) is 8.77. The first kappa shape index (κ1) is 16.5. The summed E-state index contributed by atoms with van der Waals surface area (Å²) in [5, 5.41) is 1.36. The average Bonchev–Trinajstić information content (AvgIpc) is 2.55. The van der Waals surface area contributed by atoms with Gasteiger partial charge in [0.05, 0.1) is 0 Å². The Kier molecular flexibility index (Phi) is 5.98. The number of rotatable bonds is 5. The summed E-state index contributed by atoms with van der Waals surface area (Å²) < 4.78 is 8.67. The van der Waals surface area contributed by atoms with Gasteiger partial charge < -0.3 is 0 Å². The van der Waals surface area contributed by atoms with Crippen LogP contribution >= 0.6 is 15.9 Å². The van der Waals surface area contributed by atoms with Gasteiger partial charge in [-0.3, -0.25) is 0 Å². The van der Waals surface area contributed by atoms with Crippen molar-refractivity contribution < 1.29 is 4.74 Å². The van der Waals surface area contributed by atoms with Gasteiger partial charge >= 0.3 is 149 Å². The van der Waals surface area contributed by atoms with Crippen LogP contribution in [0.2, 0.25) is 5.32 Å².